The van der Waals surface area contributed by atoms with Crippen LogP contribution in [-0.4, -0.2) is 65.1 Å². The molecule has 0 bridgehead atoms. The molecule has 1 saturated heterocycles. The van der Waals surface area contributed by atoms with Crippen LogP contribution in [0.15, 0.2) is 37.2 Å². The second-order valence-corrected chi connectivity index (χ2v) is 7.59. The third-order valence-electron chi connectivity index (χ3n) is 5.67. The van der Waals surface area contributed by atoms with E-state index in [9.17, 15) is 4.79 Å². The fourth-order valence-corrected chi connectivity index (χ4v) is 3.90. The number of carbonyl (C=O) groups is 1. The molecule has 1 aromatic carbocycles. The summed E-state index contributed by atoms with van der Waals surface area (Å²) in [6.07, 6.45) is 6.05. The molecule has 1 amide bonds. The number of aromatic nitrogens is 5. The fraction of sp³-hybridized carbons (Fsp3) is 0.409. The van der Waals surface area contributed by atoms with Gasteiger partial charge in [0, 0.05) is 31.6 Å². The molecule has 174 valence electrons. The highest BCUT2D eigenvalue weighted by molar-refractivity contribution is 5.79. The summed E-state index contributed by atoms with van der Waals surface area (Å²) in [6, 6.07) is 5.55. The lowest BCUT2D eigenvalue weighted by atomic mass is 9.96. The smallest absolute Gasteiger partial charge is 0.223 e. The van der Waals surface area contributed by atoms with Gasteiger partial charge in [0.1, 0.15) is 24.8 Å². The lowest BCUT2D eigenvalue weighted by Crippen LogP contribution is -2.40. The number of nitrogens with one attached hydrogen (secondary N) is 1. The van der Waals surface area contributed by atoms with Crippen molar-refractivity contribution in [3.8, 4) is 23.1 Å². The predicted molar refractivity (Wildman–Crippen MR) is 120 cm³/mol. The highest BCUT2D eigenvalue weighted by Gasteiger charge is 2.26. The van der Waals surface area contributed by atoms with Crippen LogP contribution in [0, 0.1) is 5.92 Å². The number of anilines is 1. The zero-order chi connectivity index (χ0) is 23.2. The van der Waals surface area contributed by atoms with E-state index in [2.05, 4.69) is 30.3 Å². The van der Waals surface area contributed by atoms with Gasteiger partial charge in [0.15, 0.2) is 17.3 Å². The summed E-state index contributed by atoms with van der Waals surface area (Å²) in [5, 5.41) is 7.14. The molecule has 33 heavy (non-hydrogen) atoms. The minimum atomic E-state index is -0.0556. The van der Waals surface area contributed by atoms with Crippen molar-refractivity contribution in [2.75, 3.05) is 39.3 Å². The highest BCUT2D eigenvalue weighted by Crippen LogP contribution is 2.38. The van der Waals surface area contributed by atoms with Crippen molar-refractivity contribution in [2.24, 2.45) is 5.92 Å². The topological polar surface area (TPSA) is 117 Å². The van der Waals surface area contributed by atoms with Gasteiger partial charge in [0.2, 0.25) is 11.7 Å². The van der Waals surface area contributed by atoms with Crippen LogP contribution >= 0.6 is 0 Å². The number of amides is 1. The molecule has 0 saturated carbocycles. The second-order valence-electron chi connectivity index (χ2n) is 7.59. The Kier molecular flexibility index (Phi) is 6.86. The first-order valence-corrected chi connectivity index (χ1v) is 10.6. The van der Waals surface area contributed by atoms with Crippen LogP contribution in [0.4, 0.5) is 5.82 Å². The molecular weight excluding hydrogens is 426 g/mol. The normalized spacial score (nSPS) is 14.1. The summed E-state index contributed by atoms with van der Waals surface area (Å²) in [5.41, 5.74) is 0.872. The molecule has 0 unspecified atom stereocenters. The van der Waals surface area contributed by atoms with Crippen molar-refractivity contribution in [2.45, 2.75) is 19.4 Å². The van der Waals surface area contributed by atoms with Crippen LogP contribution < -0.4 is 24.4 Å². The van der Waals surface area contributed by atoms with Gasteiger partial charge < -0.3 is 24.4 Å². The van der Waals surface area contributed by atoms with Crippen molar-refractivity contribution in [3.05, 3.63) is 42.7 Å². The molecule has 11 heteroatoms. The summed E-state index contributed by atoms with van der Waals surface area (Å²) in [6.45, 7) is 1.84. The van der Waals surface area contributed by atoms with Crippen LogP contribution in [0.2, 0.25) is 0 Å². The number of rotatable bonds is 8. The largest absolute Gasteiger partial charge is 0.493 e. The second kappa shape index (κ2) is 10.2. The number of nitrogens with zero attached hydrogens (tertiary/aromatic N) is 6. The number of ether oxygens (including phenoxy) is 3. The average Bonchev–Trinajstić information content (AvgIpc) is 3.42. The van der Waals surface area contributed by atoms with E-state index < -0.39 is 0 Å². The Bertz CT molecular complexity index is 1060. The molecule has 0 spiro atoms. The Balaban J connectivity index is 1.33. The standard InChI is InChI=1S/C22H27N7O4/c1-31-17-8-15(9-18(32-2)21(17)33-3)11-24-22(30)16-4-6-28(7-5-16)19-10-20(26-13-25-19)29-14-23-12-27-29/h8-10,12-14,16H,4-7,11H2,1-3H3,(H,24,30). The zero-order valence-electron chi connectivity index (χ0n) is 18.9. The maximum atomic E-state index is 12.8. The molecule has 3 heterocycles. The molecule has 0 atom stereocenters. The molecule has 1 N–H and O–H groups in total. The van der Waals surface area contributed by atoms with Gasteiger partial charge in [-0.3, -0.25) is 4.79 Å². The molecule has 2 aromatic heterocycles. The summed E-state index contributed by atoms with van der Waals surface area (Å²) in [5.74, 6) is 3.09. The Hall–Kier alpha value is -3.89. The number of carbonyl (C=O) groups excluding carboxylic acids is 1. The van der Waals surface area contributed by atoms with Crippen LogP contribution in [0.1, 0.15) is 18.4 Å². The van der Waals surface area contributed by atoms with Crippen molar-refractivity contribution >= 4 is 11.7 Å². The number of hydrogen-bond donors (Lipinski definition) is 1. The van der Waals surface area contributed by atoms with Crippen LogP contribution in [0.5, 0.6) is 17.2 Å². The first kappa shape index (κ1) is 22.3. The SMILES string of the molecule is COc1cc(CNC(=O)C2CCN(c3cc(-n4cncn4)ncn3)CC2)cc(OC)c1OC. The van der Waals surface area contributed by atoms with E-state index >= 15 is 0 Å². The van der Waals surface area contributed by atoms with Crippen molar-refractivity contribution < 1.29 is 19.0 Å². The van der Waals surface area contributed by atoms with E-state index in [1.807, 2.05) is 18.2 Å². The van der Waals surface area contributed by atoms with Crippen LogP contribution in [-0.2, 0) is 11.3 Å². The fourth-order valence-electron chi connectivity index (χ4n) is 3.90. The van der Waals surface area contributed by atoms with E-state index in [0.29, 0.717) is 29.6 Å². The van der Waals surface area contributed by atoms with Crippen molar-refractivity contribution in [1.29, 1.82) is 0 Å². The minimum absolute atomic E-state index is 0.0365. The van der Waals surface area contributed by atoms with Crippen LogP contribution in [0.3, 0.4) is 0 Å². The Morgan fingerprint density at radius 1 is 1.00 bits per heavy atom. The third kappa shape index (κ3) is 4.97. The highest BCUT2D eigenvalue weighted by atomic mass is 16.5. The van der Waals surface area contributed by atoms with Gasteiger partial charge in [-0.05, 0) is 30.5 Å². The monoisotopic (exact) mass is 453 g/mol. The van der Waals surface area contributed by atoms with Gasteiger partial charge in [0.25, 0.3) is 0 Å². The lowest BCUT2D eigenvalue weighted by Gasteiger charge is -2.32. The third-order valence-corrected chi connectivity index (χ3v) is 5.67. The molecule has 1 fully saturated rings. The van der Waals surface area contributed by atoms with Gasteiger partial charge in [-0.15, -0.1) is 0 Å². The van der Waals surface area contributed by atoms with E-state index in [0.717, 1.165) is 37.3 Å². The van der Waals surface area contributed by atoms with Crippen molar-refractivity contribution in [1.82, 2.24) is 30.0 Å². The Morgan fingerprint density at radius 3 is 2.30 bits per heavy atom. The van der Waals surface area contributed by atoms with E-state index in [-0.39, 0.29) is 11.8 Å². The first-order valence-electron chi connectivity index (χ1n) is 10.6. The molecule has 4 rings (SSSR count). The summed E-state index contributed by atoms with van der Waals surface area (Å²) in [7, 11) is 4.70. The van der Waals surface area contributed by atoms with Gasteiger partial charge >= 0.3 is 0 Å². The molecule has 0 radical (unpaired) electrons. The maximum absolute atomic E-state index is 12.8. The molecule has 3 aromatic rings. The number of piperidine rings is 1. The Morgan fingerprint density at radius 2 is 1.70 bits per heavy atom. The Labute approximate surface area is 191 Å². The first-order chi connectivity index (χ1) is 16.1. The van der Waals surface area contributed by atoms with Gasteiger partial charge in [0.05, 0.1) is 21.3 Å². The van der Waals surface area contributed by atoms with Gasteiger partial charge in [-0.25, -0.2) is 19.6 Å². The number of methoxy groups -OCH3 is 3. The summed E-state index contributed by atoms with van der Waals surface area (Å²) >= 11 is 0. The number of benzene rings is 1. The molecular formula is C22H27N7O4. The molecule has 0 aliphatic carbocycles. The van der Waals surface area contributed by atoms with Gasteiger partial charge in [-0.2, -0.15) is 5.10 Å². The summed E-state index contributed by atoms with van der Waals surface area (Å²) in [4.78, 5) is 27.5. The number of hydrogen-bond acceptors (Lipinski definition) is 9. The van der Waals surface area contributed by atoms with E-state index in [1.165, 1.54) is 12.7 Å². The van der Waals surface area contributed by atoms with Crippen LogP contribution in [0.25, 0.3) is 5.82 Å². The molecule has 11 nitrogen and oxygen atoms in total. The minimum Gasteiger partial charge on any atom is -0.493 e. The maximum Gasteiger partial charge on any atom is 0.223 e. The van der Waals surface area contributed by atoms with E-state index in [1.54, 1.807) is 32.3 Å². The average molecular weight is 454 g/mol. The predicted octanol–water partition coefficient (Wildman–Crippen LogP) is 1.62. The quantitative estimate of drug-likeness (QED) is 0.543. The van der Waals surface area contributed by atoms with Gasteiger partial charge in [-0.1, -0.05) is 0 Å². The van der Waals surface area contributed by atoms with Crippen molar-refractivity contribution in [3.63, 3.8) is 0 Å². The van der Waals surface area contributed by atoms with E-state index in [4.69, 9.17) is 14.2 Å². The molecule has 1 aliphatic rings. The molecule has 1 aliphatic heterocycles. The summed E-state index contributed by atoms with van der Waals surface area (Å²) < 4.78 is 17.7. The zero-order valence-corrected chi connectivity index (χ0v) is 18.9. The lowest BCUT2D eigenvalue weighted by molar-refractivity contribution is -0.125.